The van der Waals surface area contributed by atoms with Crippen molar-refractivity contribution in [3.63, 3.8) is 0 Å². The lowest BCUT2D eigenvalue weighted by Gasteiger charge is -2.24. The minimum Gasteiger partial charge on any atom is -0.468 e. The van der Waals surface area contributed by atoms with Crippen LogP contribution in [0.5, 0.6) is 0 Å². The number of hydrogen-bond acceptors (Lipinski definition) is 5. The normalized spacial score (nSPS) is 21.2. The van der Waals surface area contributed by atoms with E-state index in [0.717, 1.165) is 39.2 Å². The third-order valence-electron chi connectivity index (χ3n) is 3.58. The van der Waals surface area contributed by atoms with E-state index < -0.39 is 0 Å². The van der Waals surface area contributed by atoms with Gasteiger partial charge < -0.3 is 19.7 Å². The molecule has 0 aliphatic carbocycles. The van der Waals surface area contributed by atoms with Crippen molar-refractivity contribution in [2.24, 2.45) is 5.92 Å². The van der Waals surface area contributed by atoms with Gasteiger partial charge in [-0.25, -0.2) is 0 Å². The lowest BCUT2D eigenvalue weighted by molar-refractivity contribution is -0.144. The van der Waals surface area contributed by atoms with Crippen molar-refractivity contribution in [3.05, 3.63) is 0 Å². The third-order valence-corrected chi connectivity index (χ3v) is 3.58. The van der Waals surface area contributed by atoms with E-state index in [0.29, 0.717) is 6.61 Å². The molecule has 106 valence electrons. The van der Waals surface area contributed by atoms with Gasteiger partial charge in [-0.2, -0.15) is 0 Å². The number of nitrogens with one attached hydrogen (secondary N) is 1. The highest BCUT2D eigenvalue weighted by molar-refractivity contribution is 5.76. The molecule has 1 N–H and O–H groups in total. The summed E-state index contributed by atoms with van der Waals surface area (Å²) >= 11 is 0. The molecule has 0 bridgehead atoms. The fourth-order valence-electron chi connectivity index (χ4n) is 2.30. The summed E-state index contributed by atoms with van der Waals surface area (Å²) in [5.41, 5.74) is 0. The van der Waals surface area contributed by atoms with Crippen LogP contribution in [0.2, 0.25) is 0 Å². The quantitative estimate of drug-likeness (QED) is 0.642. The summed E-state index contributed by atoms with van der Waals surface area (Å²) in [6.07, 6.45) is 0.929. The predicted octanol–water partition coefficient (Wildman–Crippen LogP) is 0.496. The molecular weight excluding hydrogens is 232 g/mol. The Bertz CT molecular complexity index is 238. The second kappa shape index (κ2) is 8.45. The van der Waals surface area contributed by atoms with Gasteiger partial charge in [-0.15, -0.1) is 0 Å². The molecule has 1 heterocycles. The number of methoxy groups -OCH3 is 1. The van der Waals surface area contributed by atoms with Crippen LogP contribution in [-0.2, 0) is 14.3 Å². The number of likely N-dealkylation sites (N-methyl/N-ethyl adjacent to an activating group) is 1. The summed E-state index contributed by atoms with van der Waals surface area (Å²) in [6.45, 7) is 9.51. The lowest BCUT2D eigenvalue weighted by atomic mass is 9.99. The Morgan fingerprint density at radius 1 is 1.50 bits per heavy atom. The first kappa shape index (κ1) is 15.4. The predicted molar refractivity (Wildman–Crippen MR) is 70.5 cm³/mol. The summed E-state index contributed by atoms with van der Waals surface area (Å²) in [6, 6.07) is -0.229. The van der Waals surface area contributed by atoms with Gasteiger partial charge in [-0.05, 0) is 19.5 Å². The van der Waals surface area contributed by atoms with E-state index in [-0.39, 0.29) is 17.9 Å². The number of ether oxygens (including phenoxy) is 2. The molecule has 2 unspecified atom stereocenters. The number of carbonyl (C=O) groups is 1. The molecule has 1 fully saturated rings. The van der Waals surface area contributed by atoms with Gasteiger partial charge >= 0.3 is 5.97 Å². The topological polar surface area (TPSA) is 50.8 Å². The maximum atomic E-state index is 11.8. The van der Waals surface area contributed by atoms with Gasteiger partial charge in [0.15, 0.2) is 0 Å². The summed E-state index contributed by atoms with van der Waals surface area (Å²) in [5, 5.41) is 3.32. The Hall–Kier alpha value is -0.650. The Morgan fingerprint density at radius 3 is 2.72 bits per heavy atom. The van der Waals surface area contributed by atoms with Crippen molar-refractivity contribution in [3.8, 4) is 0 Å². The Balaban J connectivity index is 2.38. The van der Waals surface area contributed by atoms with E-state index in [1.165, 1.54) is 7.11 Å². The zero-order valence-electron chi connectivity index (χ0n) is 11.8. The van der Waals surface area contributed by atoms with Gasteiger partial charge in [0.1, 0.15) is 6.04 Å². The van der Waals surface area contributed by atoms with Crippen molar-refractivity contribution in [1.29, 1.82) is 0 Å². The van der Waals surface area contributed by atoms with Crippen LogP contribution >= 0.6 is 0 Å². The number of hydrogen-bond donors (Lipinski definition) is 1. The van der Waals surface area contributed by atoms with E-state index >= 15 is 0 Å². The molecule has 0 radical (unpaired) electrons. The van der Waals surface area contributed by atoms with Gasteiger partial charge in [-0.1, -0.05) is 13.8 Å². The van der Waals surface area contributed by atoms with Crippen LogP contribution in [0.1, 0.15) is 20.3 Å². The van der Waals surface area contributed by atoms with Crippen molar-refractivity contribution < 1.29 is 14.3 Å². The SMILES string of the molecule is CCN(CC)CCNC(C(=O)OC)C1CCOC1. The van der Waals surface area contributed by atoms with E-state index in [2.05, 4.69) is 24.1 Å². The average Bonchev–Trinajstić information content (AvgIpc) is 2.92. The van der Waals surface area contributed by atoms with Crippen molar-refractivity contribution >= 4 is 5.97 Å². The minimum atomic E-state index is -0.229. The van der Waals surface area contributed by atoms with Crippen molar-refractivity contribution in [2.75, 3.05) is 46.5 Å². The molecule has 5 heteroatoms. The second-order valence-electron chi connectivity index (χ2n) is 4.61. The van der Waals surface area contributed by atoms with Gasteiger partial charge in [0, 0.05) is 25.6 Å². The molecule has 0 amide bonds. The standard InChI is InChI=1S/C13H26N2O3/c1-4-15(5-2)8-7-14-12(13(16)17-3)11-6-9-18-10-11/h11-12,14H,4-10H2,1-3H3. The molecule has 0 spiro atoms. The van der Waals surface area contributed by atoms with E-state index in [1.54, 1.807) is 0 Å². The minimum absolute atomic E-state index is 0.176. The molecule has 1 rings (SSSR count). The first-order valence-electron chi connectivity index (χ1n) is 6.84. The van der Waals surface area contributed by atoms with E-state index in [4.69, 9.17) is 9.47 Å². The average molecular weight is 258 g/mol. The summed E-state index contributed by atoms with van der Waals surface area (Å²) in [4.78, 5) is 14.1. The molecule has 0 saturated carbocycles. The Kier molecular flexibility index (Phi) is 7.23. The van der Waals surface area contributed by atoms with Crippen LogP contribution in [0.3, 0.4) is 0 Å². The van der Waals surface area contributed by atoms with Crippen LogP contribution in [0, 0.1) is 5.92 Å². The largest absolute Gasteiger partial charge is 0.468 e. The number of carbonyl (C=O) groups excluding carboxylic acids is 1. The van der Waals surface area contributed by atoms with Crippen LogP contribution in [0.15, 0.2) is 0 Å². The molecular formula is C13H26N2O3. The van der Waals surface area contributed by atoms with Crippen LogP contribution < -0.4 is 5.32 Å². The number of rotatable bonds is 8. The maximum Gasteiger partial charge on any atom is 0.323 e. The molecule has 0 aromatic carbocycles. The van der Waals surface area contributed by atoms with Crippen LogP contribution in [0.25, 0.3) is 0 Å². The lowest BCUT2D eigenvalue weighted by Crippen LogP contribution is -2.46. The fraction of sp³-hybridized carbons (Fsp3) is 0.923. The van der Waals surface area contributed by atoms with Crippen molar-refractivity contribution in [2.45, 2.75) is 26.3 Å². The Labute approximate surface area is 110 Å². The molecule has 5 nitrogen and oxygen atoms in total. The highest BCUT2D eigenvalue weighted by atomic mass is 16.5. The zero-order chi connectivity index (χ0) is 13.4. The van der Waals surface area contributed by atoms with Gasteiger partial charge in [-0.3, -0.25) is 4.79 Å². The smallest absolute Gasteiger partial charge is 0.323 e. The molecule has 1 saturated heterocycles. The zero-order valence-corrected chi connectivity index (χ0v) is 11.8. The van der Waals surface area contributed by atoms with Gasteiger partial charge in [0.05, 0.1) is 13.7 Å². The second-order valence-corrected chi connectivity index (χ2v) is 4.61. The molecule has 1 aliphatic rings. The highest BCUT2D eigenvalue weighted by Gasteiger charge is 2.31. The number of nitrogens with zero attached hydrogens (tertiary/aromatic N) is 1. The first-order chi connectivity index (χ1) is 8.72. The first-order valence-corrected chi connectivity index (χ1v) is 6.84. The summed E-state index contributed by atoms with van der Waals surface area (Å²) < 4.78 is 10.2. The molecule has 0 aromatic heterocycles. The van der Waals surface area contributed by atoms with Crippen LogP contribution in [-0.4, -0.2) is 63.4 Å². The van der Waals surface area contributed by atoms with Gasteiger partial charge in [0.2, 0.25) is 0 Å². The number of esters is 1. The van der Waals surface area contributed by atoms with Crippen molar-refractivity contribution in [1.82, 2.24) is 10.2 Å². The summed E-state index contributed by atoms with van der Waals surface area (Å²) in [5.74, 6) is 0.0687. The Morgan fingerprint density at radius 2 is 2.22 bits per heavy atom. The third kappa shape index (κ3) is 4.55. The van der Waals surface area contributed by atoms with E-state index in [1.807, 2.05) is 0 Å². The van der Waals surface area contributed by atoms with Crippen LogP contribution in [0.4, 0.5) is 0 Å². The molecule has 1 aliphatic heterocycles. The molecule has 18 heavy (non-hydrogen) atoms. The van der Waals surface area contributed by atoms with Gasteiger partial charge in [0.25, 0.3) is 0 Å². The maximum absolute atomic E-state index is 11.8. The molecule has 0 aromatic rings. The fourth-order valence-corrected chi connectivity index (χ4v) is 2.30. The monoisotopic (exact) mass is 258 g/mol. The molecule has 2 atom stereocenters. The summed E-state index contributed by atoms with van der Waals surface area (Å²) in [7, 11) is 1.44. The van der Waals surface area contributed by atoms with E-state index in [9.17, 15) is 4.79 Å². The highest BCUT2D eigenvalue weighted by Crippen LogP contribution is 2.17.